The van der Waals surface area contributed by atoms with Crippen molar-refractivity contribution < 1.29 is 13.9 Å². The third-order valence-electron chi connectivity index (χ3n) is 4.00. The van der Waals surface area contributed by atoms with E-state index in [4.69, 9.17) is 9.15 Å². The first-order valence-corrected chi connectivity index (χ1v) is 9.00. The lowest BCUT2D eigenvalue weighted by atomic mass is 10.2. The average Bonchev–Trinajstić information content (AvgIpc) is 3.28. The minimum atomic E-state index is -0.363. The molecule has 0 radical (unpaired) electrons. The van der Waals surface area contributed by atoms with Gasteiger partial charge in [0.05, 0.1) is 18.5 Å². The Morgan fingerprint density at radius 3 is 2.62 bits per heavy atom. The van der Waals surface area contributed by atoms with Crippen LogP contribution < -0.4 is 15.4 Å². The minimum Gasteiger partial charge on any atom is -0.467 e. The molecule has 0 saturated carbocycles. The molecule has 1 amide bonds. The Hall–Kier alpha value is -4.13. The van der Waals surface area contributed by atoms with Gasteiger partial charge in [-0.05, 0) is 42.5 Å². The summed E-state index contributed by atoms with van der Waals surface area (Å²) in [5.74, 6) is 1.94. The molecule has 2 aromatic carbocycles. The minimum absolute atomic E-state index is 0.233. The monoisotopic (exact) mass is 386 g/mol. The van der Waals surface area contributed by atoms with Gasteiger partial charge < -0.3 is 19.8 Å². The molecule has 29 heavy (non-hydrogen) atoms. The van der Waals surface area contributed by atoms with Crippen LogP contribution in [0.4, 0.5) is 11.6 Å². The van der Waals surface area contributed by atoms with Crippen LogP contribution in [0.3, 0.4) is 0 Å². The van der Waals surface area contributed by atoms with Gasteiger partial charge in [-0.25, -0.2) is 9.97 Å². The highest BCUT2D eigenvalue weighted by molar-refractivity contribution is 6.03. The Balaban J connectivity index is 1.46. The summed E-state index contributed by atoms with van der Waals surface area (Å²) in [5.41, 5.74) is 0.779. The number of furan rings is 1. The van der Waals surface area contributed by atoms with Crippen molar-refractivity contribution in [1.29, 1.82) is 0 Å². The molecule has 4 aromatic rings. The zero-order valence-electron chi connectivity index (χ0n) is 15.4. The molecule has 0 spiro atoms. The van der Waals surface area contributed by atoms with Gasteiger partial charge in [0, 0.05) is 6.20 Å². The molecule has 0 fully saturated rings. The molecule has 2 aromatic heterocycles. The summed E-state index contributed by atoms with van der Waals surface area (Å²) < 4.78 is 11.1. The molecule has 2 heterocycles. The van der Waals surface area contributed by atoms with Crippen LogP contribution in [-0.2, 0) is 6.54 Å². The zero-order valence-corrected chi connectivity index (χ0v) is 15.4. The van der Waals surface area contributed by atoms with Gasteiger partial charge >= 0.3 is 0 Å². The largest absolute Gasteiger partial charge is 0.467 e. The van der Waals surface area contributed by atoms with Crippen LogP contribution >= 0.6 is 0 Å². The first-order valence-electron chi connectivity index (χ1n) is 9.00. The molecule has 4 rings (SSSR count). The van der Waals surface area contributed by atoms with Crippen LogP contribution in [0.5, 0.6) is 11.5 Å². The molecule has 0 aliphatic heterocycles. The van der Waals surface area contributed by atoms with Gasteiger partial charge in [0.25, 0.3) is 5.91 Å². The number of hydrogen-bond acceptors (Lipinski definition) is 6. The van der Waals surface area contributed by atoms with E-state index >= 15 is 0 Å². The predicted octanol–water partition coefficient (Wildman–Crippen LogP) is 4.73. The van der Waals surface area contributed by atoms with Gasteiger partial charge in [-0.1, -0.05) is 30.3 Å². The van der Waals surface area contributed by atoms with Crippen molar-refractivity contribution in [1.82, 2.24) is 9.97 Å². The molecular weight excluding hydrogens is 368 g/mol. The molecule has 7 heteroatoms. The predicted molar refractivity (Wildman–Crippen MR) is 109 cm³/mol. The summed E-state index contributed by atoms with van der Waals surface area (Å²) in [4.78, 5) is 21.1. The molecule has 2 N–H and O–H groups in total. The van der Waals surface area contributed by atoms with E-state index in [0.717, 1.165) is 5.76 Å². The molecule has 144 valence electrons. The normalized spacial score (nSPS) is 10.3. The van der Waals surface area contributed by atoms with Gasteiger partial charge in [-0.15, -0.1) is 0 Å². The van der Waals surface area contributed by atoms with Crippen LogP contribution in [0.2, 0.25) is 0 Å². The van der Waals surface area contributed by atoms with Gasteiger partial charge in [-0.2, -0.15) is 0 Å². The molecule has 0 bridgehead atoms. The maximum Gasteiger partial charge on any atom is 0.274 e. The third kappa shape index (κ3) is 4.78. The van der Waals surface area contributed by atoms with E-state index in [1.54, 1.807) is 30.5 Å². The molecule has 7 nitrogen and oxygen atoms in total. The maximum atomic E-state index is 12.7. The van der Waals surface area contributed by atoms with Crippen molar-refractivity contribution >= 4 is 17.5 Å². The molecule has 0 unspecified atom stereocenters. The van der Waals surface area contributed by atoms with Crippen LogP contribution in [0, 0.1) is 0 Å². The summed E-state index contributed by atoms with van der Waals surface area (Å²) in [6.07, 6.45) is 3.12. The lowest BCUT2D eigenvalue weighted by molar-refractivity contribution is 0.102. The van der Waals surface area contributed by atoms with Crippen molar-refractivity contribution in [2.24, 2.45) is 0 Å². The second-order valence-electron chi connectivity index (χ2n) is 6.06. The smallest absolute Gasteiger partial charge is 0.274 e. The van der Waals surface area contributed by atoms with Crippen molar-refractivity contribution in [2.45, 2.75) is 6.54 Å². The summed E-state index contributed by atoms with van der Waals surface area (Å²) in [7, 11) is 0. The van der Waals surface area contributed by atoms with Crippen LogP contribution in [0.1, 0.15) is 16.2 Å². The number of amides is 1. The number of aromatic nitrogens is 2. The fraction of sp³-hybridized carbons (Fsp3) is 0.0455. The standard InChI is InChI=1S/C22H18N4O3/c27-21(19-12-13-23-22(26-19)24-15-17-9-6-14-28-17)25-18-10-4-5-11-20(18)29-16-7-2-1-3-8-16/h1-14H,15H2,(H,25,27)(H,23,24,26). The Labute approximate surface area is 167 Å². The maximum absolute atomic E-state index is 12.7. The lowest BCUT2D eigenvalue weighted by Gasteiger charge is -2.12. The number of rotatable bonds is 7. The number of nitrogens with one attached hydrogen (secondary N) is 2. The van der Waals surface area contributed by atoms with Crippen molar-refractivity contribution in [3.63, 3.8) is 0 Å². The fourth-order valence-corrected chi connectivity index (χ4v) is 2.61. The Morgan fingerprint density at radius 1 is 0.966 bits per heavy atom. The second-order valence-corrected chi connectivity index (χ2v) is 6.06. The number of carbonyl (C=O) groups is 1. The lowest BCUT2D eigenvalue weighted by Crippen LogP contribution is -2.15. The number of anilines is 2. The number of nitrogens with zero attached hydrogens (tertiary/aromatic N) is 2. The van der Waals surface area contributed by atoms with E-state index in [9.17, 15) is 4.79 Å². The first-order chi connectivity index (χ1) is 14.3. The van der Waals surface area contributed by atoms with Gasteiger partial charge in [0.15, 0.2) is 5.75 Å². The molecule has 0 atom stereocenters. The summed E-state index contributed by atoms with van der Waals surface area (Å²) >= 11 is 0. The number of carbonyl (C=O) groups excluding carboxylic acids is 1. The van der Waals surface area contributed by atoms with Gasteiger partial charge in [-0.3, -0.25) is 4.79 Å². The number of ether oxygens (including phenoxy) is 1. The van der Waals surface area contributed by atoms with Crippen molar-refractivity contribution in [3.8, 4) is 11.5 Å². The van der Waals surface area contributed by atoms with E-state index in [0.29, 0.717) is 29.7 Å². The summed E-state index contributed by atoms with van der Waals surface area (Å²) in [6.45, 7) is 0.422. The number of benzene rings is 2. The molecule has 0 aliphatic rings. The van der Waals surface area contributed by atoms with Gasteiger partial charge in [0.1, 0.15) is 17.2 Å². The summed E-state index contributed by atoms with van der Waals surface area (Å²) in [6, 6.07) is 21.8. The van der Waals surface area contributed by atoms with E-state index in [2.05, 4.69) is 20.6 Å². The quantitative estimate of drug-likeness (QED) is 0.477. The third-order valence-corrected chi connectivity index (χ3v) is 4.00. The highest BCUT2D eigenvalue weighted by atomic mass is 16.5. The Morgan fingerprint density at radius 2 is 1.79 bits per heavy atom. The summed E-state index contributed by atoms with van der Waals surface area (Å²) in [5, 5.41) is 5.87. The second kappa shape index (κ2) is 8.71. The molecular formula is C22H18N4O3. The number of para-hydroxylation sites is 3. The van der Waals surface area contributed by atoms with Crippen LogP contribution in [-0.4, -0.2) is 15.9 Å². The topological polar surface area (TPSA) is 89.3 Å². The molecule has 0 aliphatic carbocycles. The highest BCUT2D eigenvalue weighted by Crippen LogP contribution is 2.29. The van der Waals surface area contributed by atoms with E-state index in [1.165, 1.54) is 6.20 Å². The van der Waals surface area contributed by atoms with E-state index in [-0.39, 0.29) is 11.6 Å². The van der Waals surface area contributed by atoms with Crippen LogP contribution in [0.15, 0.2) is 89.7 Å². The van der Waals surface area contributed by atoms with E-state index in [1.807, 2.05) is 48.5 Å². The SMILES string of the molecule is O=C(Nc1ccccc1Oc1ccccc1)c1ccnc(NCc2ccco2)n1. The first kappa shape index (κ1) is 18.2. The fourth-order valence-electron chi connectivity index (χ4n) is 2.61. The number of hydrogen-bond donors (Lipinski definition) is 2. The Kier molecular flexibility index (Phi) is 5.48. The zero-order chi connectivity index (χ0) is 19.9. The van der Waals surface area contributed by atoms with Gasteiger partial charge in [0.2, 0.25) is 5.95 Å². The van der Waals surface area contributed by atoms with Crippen LogP contribution in [0.25, 0.3) is 0 Å². The van der Waals surface area contributed by atoms with Crippen molar-refractivity contribution in [3.05, 3.63) is 96.7 Å². The Bertz CT molecular complexity index is 1080. The van der Waals surface area contributed by atoms with Crippen molar-refractivity contribution in [2.75, 3.05) is 10.6 Å². The van der Waals surface area contributed by atoms with E-state index < -0.39 is 0 Å². The molecule has 0 saturated heterocycles. The highest BCUT2D eigenvalue weighted by Gasteiger charge is 2.13. The average molecular weight is 386 g/mol.